The predicted molar refractivity (Wildman–Crippen MR) is 112 cm³/mol. The number of nitrogens with one attached hydrogen (secondary N) is 2. The van der Waals surface area contributed by atoms with Gasteiger partial charge in [-0.25, -0.2) is 19.3 Å². The summed E-state index contributed by atoms with van der Waals surface area (Å²) in [6, 6.07) is 1.48. The second kappa shape index (κ2) is 9.46. The summed E-state index contributed by atoms with van der Waals surface area (Å²) in [5, 5.41) is 5.27. The van der Waals surface area contributed by atoms with E-state index < -0.39 is 35.4 Å². The van der Waals surface area contributed by atoms with E-state index in [1.807, 2.05) is 0 Å². The second-order valence-corrected chi connectivity index (χ2v) is 7.76. The number of hydrogen-bond acceptors (Lipinski definition) is 8. The summed E-state index contributed by atoms with van der Waals surface area (Å²) in [6.07, 6.45) is -2.58. The van der Waals surface area contributed by atoms with Crippen molar-refractivity contribution in [3.05, 3.63) is 63.2 Å². The zero-order chi connectivity index (χ0) is 24.3. The van der Waals surface area contributed by atoms with E-state index in [0.29, 0.717) is 17.1 Å². The average molecular weight is 483 g/mol. The van der Waals surface area contributed by atoms with Crippen molar-refractivity contribution in [1.82, 2.24) is 20.3 Å². The van der Waals surface area contributed by atoms with Crippen LogP contribution in [-0.4, -0.2) is 26.8 Å². The Morgan fingerprint density at radius 3 is 2.58 bits per heavy atom. The molecule has 2 aromatic heterocycles. The highest BCUT2D eigenvalue weighted by molar-refractivity contribution is 7.13. The standard InChI is InChI=1S/C19H17F4N7O2S/c1-8(29-17(32)14-10(5-24)15(25)28-7-27-14)18-26-6-13(33-18)16(31)30-9-2-3-12(20)11(4-9)19(21,22)23/h2-4,6-8H,5,24H2,1H3,(H,29,32)(H,30,31)(H2,25,27,28). The van der Waals surface area contributed by atoms with Gasteiger partial charge < -0.3 is 22.1 Å². The van der Waals surface area contributed by atoms with Crippen LogP contribution in [-0.2, 0) is 12.7 Å². The summed E-state index contributed by atoms with van der Waals surface area (Å²) in [7, 11) is 0. The molecule has 1 atom stereocenters. The summed E-state index contributed by atoms with van der Waals surface area (Å²) < 4.78 is 52.0. The van der Waals surface area contributed by atoms with Crippen molar-refractivity contribution in [3.8, 4) is 0 Å². The normalized spacial score (nSPS) is 12.3. The Morgan fingerprint density at radius 2 is 1.91 bits per heavy atom. The van der Waals surface area contributed by atoms with Crippen LogP contribution in [0.15, 0.2) is 30.7 Å². The number of nitrogens with zero attached hydrogens (tertiary/aromatic N) is 3. The van der Waals surface area contributed by atoms with Gasteiger partial charge in [0.25, 0.3) is 11.8 Å². The first-order valence-corrected chi connectivity index (χ1v) is 10.1. The van der Waals surface area contributed by atoms with Gasteiger partial charge in [0.15, 0.2) is 0 Å². The van der Waals surface area contributed by atoms with Crippen molar-refractivity contribution in [2.24, 2.45) is 5.73 Å². The number of nitrogens with two attached hydrogens (primary N) is 2. The van der Waals surface area contributed by atoms with Gasteiger partial charge in [0.2, 0.25) is 0 Å². The molecule has 2 amide bonds. The van der Waals surface area contributed by atoms with Crippen molar-refractivity contribution in [1.29, 1.82) is 0 Å². The van der Waals surface area contributed by atoms with E-state index in [1.54, 1.807) is 6.92 Å². The number of rotatable bonds is 6. The molecule has 6 N–H and O–H groups in total. The Balaban J connectivity index is 1.71. The molecule has 14 heteroatoms. The number of carbonyl (C=O) groups is 2. The number of nitrogen functional groups attached to an aromatic ring is 1. The zero-order valence-corrected chi connectivity index (χ0v) is 17.7. The highest BCUT2D eigenvalue weighted by Gasteiger charge is 2.34. The molecule has 1 aromatic carbocycles. The lowest BCUT2D eigenvalue weighted by Crippen LogP contribution is -2.29. The van der Waals surface area contributed by atoms with Crippen LogP contribution < -0.4 is 22.1 Å². The maximum absolute atomic E-state index is 13.4. The third-order valence-corrected chi connectivity index (χ3v) is 5.57. The molecule has 9 nitrogen and oxygen atoms in total. The molecule has 0 aliphatic carbocycles. The van der Waals surface area contributed by atoms with Gasteiger partial charge in [-0.1, -0.05) is 0 Å². The van der Waals surface area contributed by atoms with Crippen LogP contribution in [0.25, 0.3) is 0 Å². The Bertz CT molecular complexity index is 1200. The summed E-state index contributed by atoms with van der Waals surface area (Å²) in [6.45, 7) is 1.56. The van der Waals surface area contributed by atoms with Gasteiger partial charge in [-0.3, -0.25) is 9.59 Å². The Labute approximate surface area is 188 Å². The lowest BCUT2D eigenvalue weighted by Gasteiger charge is -2.13. The van der Waals surface area contributed by atoms with Gasteiger partial charge in [-0.2, -0.15) is 13.2 Å². The summed E-state index contributed by atoms with van der Waals surface area (Å²) in [5.74, 6) is -2.70. The van der Waals surface area contributed by atoms with Gasteiger partial charge in [0.1, 0.15) is 33.5 Å². The smallest absolute Gasteiger partial charge is 0.383 e. The van der Waals surface area contributed by atoms with Crippen LogP contribution in [0.4, 0.5) is 29.1 Å². The molecule has 1 unspecified atom stereocenters. The van der Waals surface area contributed by atoms with Gasteiger partial charge in [0, 0.05) is 17.8 Å². The summed E-state index contributed by atoms with van der Waals surface area (Å²) in [4.78, 5) is 36.8. The molecule has 0 radical (unpaired) electrons. The molecule has 3 aromatic rings. The molecule has 0 bridgehead atoms. The average Bonchev–Trinajstić information content (AvgIpc) is 3.24. The van der Waals surface area contributed by atoms with Crippen molar-refractivity contribution in [3.63, 3.8) is 0 Å². The van der Waals surface area contributed by atoms with E-state index in [-0.39, 0.29) is 34.2 Å². The number of halogens is 4. The van der Waals surface area contributed by atoms with Gasteiger partial charge in [-0.05, 0) is 25.1 Å². The summed E-state index contributed by atoms with van der Waals surface area (Å²) in [5.41, 5.74) is 9.85. The van der Waals surface area contributed by atoms with E-state index >= 15 is 0 Å². The second-order valence-electron chi connectivity index (χ2n) is 6.69. The molecule has 0 fully saturated rings. The third-order valence-electron chi connectivity index (χ3n) is 4.39. The number of carbonyl (C=O) groups excluding carboxylic acids is 2. The minimum atomic E-state index is -4.91. The first-order valence-electron chi connectivity index (χ1n) is 9.25. The first kappa shape index (κ1) is 24.0. The third kappa shape index (κ3) is 5.40. The number of hydrogen-bond donors (Lipinski definition) is 4. The van der Waals surface area contributed by atoms with Gasteiger partial charge >= 0.3 is 6.18 Å². The fourth-order valence-electron chi connectivity index (χ4n) is 2.76. The number of amides is 2. The van der Waals surface area contributed by atoms with Crippen molar-refractivity contribution in [2.45, 2.75) is 25.7 Å². The Hall–Kier alpha value is -3.65. The highest BCUT2D eigenvalue weighted by Crippen LogP contribution is 2.33. The minimum absolute atomic E-state index is 0.00292. The molecule has 33 heavy (non-hydrogen) atoms. The molecule has 0 saturated carbocycles. The number of anilines is 2. The molecular formula is C19H17F4N7O2S. The van der Waals surface area contributed by atoms with E-state index in [9.17, 15) is 27.2 Å². The maximum Gasteiger partial charge on any atom is 0.419 e. The number of benzene rings is 1. The van der Waals surface area contributed by atoms with E-state index in [4.69, 9.17) is 11.5 Å². The van der Waals surface area contributed by atoms with E-state index in [2.05, 4.69) is 25.6 Å². The summed E-state index contributed by atoms with van der Waals surface area (Å²) >= 11 is 0.915. The van der Waals surface area contributed by atoms with Crippen LogP contribution >= 0.6 is 11.3 Å². The molecule has 174 valence electrons. The molecule has 0 saturated heterocycles. The molecule has 0 spiro atoms. The van der Waals surface area contributed by atoms with Crippen LogP contribution in [0.2, 0.25) is 0 Å². The largest absolute Gasteiger partial charge is 0.419 e. The molecular weight excluding hydrogens is 466 g/mol. The Kier molecular flexibility index (Phi) is 6.88. The zero-order valence-electron chi connectivity index (χ0n) is 16.9. The fourth-order valence-corrected chi connectivity index (χ4v) is 3.57. The molecule has 0 aliphatic rings. The van der Waals surface area contributed by atoms with Crippen molar-refractivity contribution in [2.75, 3.05) is 11.1 Å². The van der Waals surface area contributed by atoms with Crippen LogP contribution in [0.5, 0.6) is 0 Å². The predicted octanol–water partition coefficient (Wildman–Crippen LogP) is 2.88. The number of aromatic nitrogens is 3. The van der Waals surface area contributed by atoms with Gasteiger partial charge in [0.05, 0.1) is 17.8 Å². The fraction of sp³-hybridized carbons (Fsp3) is 0.211. The van der Waals surface area contributed by atoms with Crippen LogP contribution in [0.1, 0.15) is 49.3 Å². The van der Waals surface area contributed by atoms with Crippen molar-refractivity contribution < 1.29 is 27.2 Å². The maximum atomic E-state index is 13.4. The van der Waals surface area contributed by atoms with Crippen LogP contribution in [0, 0.1) is 5.82 Å². The topological polar surface area (TPSA) is 149 Å². The van der Waals surface area contributed by atoms with Gasteiger partial charge in [-0.15, -0.1) is 11.3 Å². The van der Waals surface area contributed by atoms with E-state index in [0.717, 1.165) is 23.7 Å². The van der Waals surface area contributed by atoms with E-state index in [1.165, 1.54) is 6.20 Å². The lowest BCUT2D eigenvalue weighted by atomic mass is 10.2. The minimum Gasteiger partial charge on any atom is -0.383 e. The number of alkyl halides is 3. The molecule has 2 heterocycles. The van der Waals surface area contributed by atoms with Crippen LogP contribution in [0.3, 0.4) is 0 Å². The lowest BCUT2D eigenvalue weighted by molar-refractivity contribution is -0.139. The Morgan fingerprint density at radius 1 is 1.18 bits per heavy atom. The SMILES string of the molecule is CC(NC(=O)c1ncnc(N)c1CN)c1ncc(C(=O)Nc2ccc(F)c(C(F)(F)F)c2)s1. The monoisotopic (exact) mass is 483 g/mol. The van der Waals surface area contributed by atoms with Crippen molar-refractivity contribution >= 4 is 34.7 Å². The molecule has 0 aliphatic heterocycles. The quantitative estimate of drug-likeness (QED) is 0.394. The first-order chi connectivity index (χ1) is 15.5. The highest BCUT2D eigenvalue weighted by atomic mass is 32.1. The number of thiazole rings is 1. The molecule has 3 rings (SSSR count).